The first kappa shape index (κ1) is 17.0. The number of methoxy groups -OCH3 is 1. The Bertz CT molecular complexity index is 664. The van der Waals surface area contributed by atoms with Gasteiger partial charge in [-0.25, -0.2) is 0 Å². The Morgan fingerprint density at radius 1 is 1.04 bits per heavy atom. The lowest BCUT2D eigenvalue weighted by molar-refractivity contribution is -0.142. The van der Waals surface area contributed by atoms with Crippen molar-refractivity contribution in [1.29, 1.82) is 0 Å². The molecule has 0 aliphatic heterocycles. The highest BCUT2D eigenvalue weighted by Gasteiger charge is 2.29. The molecule has 0 bridgehead atoms. The highest BCUT2D eigenvalue weighted by atomic mass is 19.4. The number of ether oxygens (including phenoxy) is 1. The molecule has 0 saturated carbocycles. The van der Waals surface area contributed by atoms with Crippen LogP contribution >= 0.6 is 0 Å². The third kappa shape index (κ3) is 4.32. The second-order valence-electron chi connectivity index (χ2n) is 5.11. The van der Waals surface area contributed by atoms with Crippen LogP contribution in [0.25, 0.3) is 11.1 Å². The number of halogens is 3. The van der Waals surface area contributed by atoms with Gasteiger partial charge in [0.1, 0.15) is 6.04 Å². The monoisotopic (exact) mass is 323 g/mol. The first-order valence-electron chi connectivity index (χ1n) is 6.91. The highest BCUT2D eigenvalue weighted by molar-refractivity contribution is 5.75. The lowest BCUT2D eigenvalue weighted by Gasteiger charge is -2.10. The van der Waals surface area contributed by atoms with Crippen molar-refractivity contribution in [3.05, 3.63) is 59.7 Å². The first-order valence-corrected chi connectivity index (χ1v) is 6.91. The molecule has 0 radical (unpaired) electrons. The minimum absolute atomic E-state index is 0.333. The SMILES string of the molecule is COC(=O)[C@H](N)Cc1ccc(-c2ccc(C(F)(F)F)cc2)cc1. The van der Waals surface area contributed by atoms with Crippen molar-refractivity contribution in [2.75, 3.05) is 7.11 Å². The van der Waals surface area contributed by atoms with E-state index < -0.39 is 23.8 Å². The largest absolute Gasteiger partial charge is 0.468 e. The minimum atomic E-state index is -4.34. The summed E-state index contributed by atoms with van der Waals surface area (Å²) in [5.74, 6) is -0.489. The molecule has 2 aromatic carbocycles. The maximum atomic E-state index is 12.5. The number of carbonyl (C=O) groups excluding carboxylic acids is 1. The maximum Gasteiger partial charge on any atom is 0.416 e. The molecule has 0 saturated heterocycles. The van der Waals surface area contributed by atoms with Gasteiger partial charge in [0.15, 0.2) is 0 Å². The summed E-state index contributed by atoms with van der Waals surface area (Å²) >= 11 is 0. The van der Waals surface area contributed by atoms with Crippen LogP contribution in [0.15, 0.2) is 48.5 Å². The van der Waals surface area contributed by atoms with Gasteiger partial charge in [-0.3, -0.25) is 4.79 Å². The van der Waals surface area contributed by atoms with E-state index >= 15 is 0 Å². The lowest BCUT2D eigenvalue weighted by atomic mass is 10.00. The minimum Gasteiger partial charge on any atom is -0.468 e. The molecule has 0 amide bonds. The Hall–Kier alpha value is -2.34. The van der Waals surface area contributed by atoms with Gasteiger partial charge in [-0.2, -0.15) is 13.2 Å². The van der Waals surface area contributed by atoms with Crippen LogP contribution in [-0.2, 0) is 22.1 Å². The van der Waals surface area contributed by atoms with Crippen LogP contribution < -0.4 is 5.73 Å². The smallest absolute Gasteiger partial charge is 0.416 e. The number of carbonyl (C=O) groups is 1. The van der Waals surface area contributed by atoms with Crippen molar-refractivity contribution < 1.29 is 22.7 Å². The Morgan fingerprint density at radius 2 is 1.52 bits per heavy atom. The second-order valence-corrected chi connectivity index (χ2v) is 5.11. The molecule has 0 aliphatic rings. The Labute approximate surface area is 131 Å². The molecule has 122 valence electrons. The summed E-state index contributed by atoms with van der Waals surface area (Å²) in [6.45, 7) is 0. The number of benzene rings is 2. The van der Waals surface area contributed by atoms with Gasteiger partial charge in [0.2, 0.25) is 0 Å². The molecule has 0 heterocycles. The molecule has 3 nitrogen and oxygen atoms in total. The summed E-state index contributed by atoms with van der Waals surface area (Å²) < 4.78 is 42.2. The number of hydrogen-bond acceptors (Lipinski definition) is 3. The summed E-state index contributed by atoms with van der Waals surface area (Å²) in [7, 11) is 1.27. The average molecular weight is 323 g/mol. The van der Waals surface area contributed by atoms with Gasteiger partial charge in [-0.05, 0) is 35.2 Å². The molecule has 1 atom stereocenters. The van der Waals surface area contributed by atoms with E-state index in [1.54, 1.807) is 24.3 Å². The van der Waals surface area contributed by atoms with Crippen molar-refractivity contribution in [2.24, 2.45) is 5.73 Å². The zero-order valence-electron chi connectivity index (χ0n) is 12.4. The third-order valence-corrected chi connectivity index (χ3v) is 3.46. The van der Waals surface area contributed by atoms with Crippen LogP contribution in [0, 0.1) is 0 Å². The van der Waals surface area contributed by atoms with Gasteiger partial charge in [-0.1, -0.05) is 36.4 Å². The molecule has 2 N–H and O–H groups in total. The molecule has 2 aromatic rings. The van der Waals surface area contributed by atoms with Crippen LogP contribution in [0.3, 0.4) is 0 Å². The zero-order chi connectivity index (χ0) is 17.0. The molecule has 0 unspecified atom stereocenters. The van der Waals surface area contributed by atoms with Gasteiger partial charge in [0, 0.05) is 0 Å². The van der Waals surface area contributed by atoms with Crippen LogP contribution in [0.1, 0.15) is 11.1 Å². The first-order chi connectivity index (χ1) is 10.8. The van der Waals surface area contributed by atoms with E-state index in [4.69, 9.17) is 5.73 Å². The summed E-state index contributed by atoms with van der Waals surface area (Å²) in [5, 5.41) is 0. The van der Waals surface area contributed by atoms with E-state index in [0.717, 1.165) is 23.3 Å². The van der Waals surface area contributed by atoms with Crippen molar-refractivity contribution in [3.63, 3.8) is 0 Å². The maximum absolute atomic E-state index is 12.5. The number of alkyl halides is 3. The van der Waals surface area contributed by atoms with Crippen molar-refractivity contribution in [2.45, 2.75) is 18.6 Å². The fraction of sp³-hybridized carbons (Fsp3) is 0.235. The van der Waals surface area contributed by atoms with E-state index in [2.05, 4.69) is 4.74 Å². The topological polar surface area (TPSA) is 52.3 Å². The number of nitrogens with two attached hydrogens (primary N) is 1. The molecular weight excluding hydrogens is 307 g/mol. The van der Waals surface area contributed by atoms with Gasteiger partial charge < -0.3 is 10.5 Å². The van der Waals surface area contributed by atoms with E-state index in [1.807, 2.05) is 0 Å². The normalized spacial score (nSPS) is 12.7. The molecule has 6 heteroatoms. The fourth-order valence-electron chi connectivity index (χ4n) is 2.17. The molecule has 23 heavy (non-hydrogen) atoms. The molecule has 0 spiro atoms. The molecule has 0 aromatic heterocycles. The number of rotatable bonds is 4. The van der Waals surface area contributed by atoms with E-state index in [9.17, 15) is 18.0 Å². The van der Waals surface area contributed by atoms with Crippen molar-refractivity contribution in [1.82, 2.24) is 0 Å². The van der Waals surface area contributed by atoms with E-state index in [-0.39, 0.29) is 0 Å². The summed E-state index contributed by atoms with van der Waals surface area (Å²) in [4.78, 5) is 11.3. The summed E-state index contributed by atoms with van der Waals surface area (Å²) in [6.07, 6.45) is -4.01. The molecule has 2 rings (SSSR count). The zero-order valence-corrected chi connectivity index (χ0v) is 12.4. The lowest BCUT2D eigenvalue weighted by Crippen LogP contribution is -2.33. The van der Waals surface area contributed by atoms with Crippen molar-refractivity contribution in [3.8, 4) is 11.1 Å². The van der Waals surface area contributed by atoms with Gasteiger partial charge in [0.05, 0.1) is 12.7 Å². The standard InChI is InChI=1S/C17H16F3NO2/c1-23-16(22)15(21)10-11-2-4-12(5-3-11)13-6-8-14(9-7-13)17(18,19)20/h2-9,15H,10,21H2,1H3/t15-/m1/s1. The van der Waals surface area contributed by atoms with Gasteiger partial charge >= 0.3 is 12.1 Å². The summed E-state index contributed by atoms with van der Waals surface area (Å²) in [5.41, 5.74) is 7.32. The average Bonchev–Trinajstić information content (AvgIpc) is 2.54. The van der Waals surface area contributed by atoms with Gasteiger partial charge in [0.25, 0.3) is 0 Å². The number of hydrogen-bond donors (Lipinski definition) is 1. The van der Waals surface area contributed by atoms with Crippen LogP contribution in [-0.4, -0.2) is 19.1 Å². The van der Waals surface area contributed by atoms with E-state index in [1.165, 1.54) is 19.2 Å². The van der Waals surface area contributed by atoms with Gasteiger partial charge in [-0.15, -0.1) is 0 Å². The number of esters is 1. The quantitative estimate of drug-likeness (QED) is 0.877. The third-order valence-electron chi connectivity index (χ3n) is 3.46. The van der Waals surface area contributed by atoms with Crippen molar-refractivity contribution >= 4 is 5.97 Å². The Morgan fingerprint density at radius 3 is 1.96 bits per heavy atom. The van der Waals surface area contributed by atoms with Crippen LogP contribution in [0.2, 0.25) is 0 Å². The highest BCUT2D eigenvalue weighted by Crippen LogP contribution is 2.31. The van der Waals surface area contributed by atoms with E-state index in [0.29, 0.717) is 12.0 Å². The Balaban J connectivity index is 2.12. The molecule has 0 fully saturated rings. The second kappa shape index (κ2) is 6.83. The fourth-order valence-corrected chi connectivity index (χ4v) is 2.17. The van der Waals surface area contributed by atoms with Crippen LogP contribution in [0.5, 0.6) is 0 Å². The summed E-state index contributed by atoms with van der Waals surface area (Å²) in [6, 6.07) is 11.4. The predicted octanol–water partition coefficient (Wildman–Crippen LogP) is 3.42. The predicted molar refractivity (Wildman–Crippen MR) is 80.6 cm³/mol. The molecule has 0 aliphatic carbocycles. The molecular formula is C17H16F3NO2. The Kier molecular flexibility index (Phi) is 5.05. The van der Waals surface area contributed by atoms with Crippen LogP contribution in [0.4, 0.5) is 13.2 Å².